The first kappa shape index (κ1) is 16.6. The molecule has 0 N–H and O–H groups in total. The van der Waals surface area contributed by atoms with Crippen molar-refractivity contribution in [2.24, 2.45) is 0 Å². The van der Waals surface area contributed by atoms with Crippen LogP contribution in [0, 0.1) is 0 Å². The molecule has 4 aromatic rings. The van der Waals surface area contributed by atoms with Gasteiger partial charge in [-0.1, -0.05) is 36.4 Å². The van der Waals surface area contributed by atoms with E-state index in [0.29, 0.717) is 0 Å². The molecule has 0 spiro atoms. The molecule has 3 nitrogen and oxygen atoms in total. The Morgan fingerprint density at radius 3 is 2.46 bits per heavy atom. The largest absolute Gasteiger partial charge is 0.494 e. The van der Waals surface area contributed by atoms with Crippen molar-refractivity contribution < 1.29 is 9.31 Å². The average Bonchev–Trinajstić information content (AvgIpc) is 3.25. The number of hydrogen-bond donors (Lipinski definition) is 0. The van der Waals surface area contributed by atoms with Gasteiger partial charge in [-0.25, -0.2) is 0 Å². The third kappa shape index (κ3) is 1.97. The van der Waals surface area contributed by atoms with Gasteiger partial charge in [0, 0.05) is 21.9 Å². The van der Waals surface area contributed by atoms with E-state index in [1.165, 1.54) is 38.4 Å². The van der Waals surface area contributed by atoms with Gasteiger partial charge in [0.1, 0.15) is 0 Å². The van der Waals surface area contributed by atoms with Crippen molar-refractivity contribution in [2.45, 2.75) is 51.7 Å². The maximum Gasteiger partial charge on any atom is 0.494 e. The second-order valence-electron chi connectivity index (χ2n) is 9.21. The van der Waals surface area contributed by atoms with Gasteiger partial charge in [0.15, 0.2) is 0 Å². The molecular formula is C24H24BNO2. The molecule has 1 aliphatic heterocycles. The first-order valence-electron chi connectivity index (χ1n) is 10.2. The molecule has 1 aliphatic carbocycles. The molecule has 140 valence electrons. The molecule has 0 radical (unpaired) electrons. The molecule has 0 saturated carbocycles. The van der Waals surface area contributed by atoms with Gasteiger partial charge < -0.3 is 13.7 Å². The summed E-state index contributed by atoms with van der Waals surface area (Å²) < 4.78 is 15.0. The van der Waals surface area contributed by atoms with Crippen LogP contribution < -0.4 is 5.46 Å². The van der Waals surface area contributed by atoms with E-state index in [2.05, 4.69) is 80.6 Å². The fourth-order valence-electron chi connectivity index (χ4n) is 4.84. The van der Waals surface area contributed by atoms with Gasteiger partial charge in [-0.05, 0) is 63.7 Å². The van der Waals surface area contributed by atoms with Crippen molar-refractivity contribution >= 4 is 45.8 Å². The standard InChI is InChI=1S/C24H24BNO2/c1-23(2)24(3,4)28-25(27-23)15-12-13-21-19(14-15)18-10-7-9-17-16-8-5-6-11-20(16)26(21)22(17)18/h6-7,9-14H,5,8H2,1-4H3. The van der Waals surface area contributed by atoms with Crippen LogP contribution in [-0.2, 0) is 15.7 Å². The Labute approximate surface area is 165 Å². The summed E-state index contributed by atoms with van der Waals surface area (Å²) in [5.74, 6) is 0. The van der Waals surface area contributed by atoms with E-state index in [1.807, 2.05) is 0 Å². The Morgan fingerprint density at radius 1 is 0.929 bits per heavy atom. The number of allylic oxidation sites excluding steroid dienone is 1. The zero-order valence-electron chi connectivity index (χ0n) is 16.9. The van der Waals surface area contributed by atoms with Crippen LogP contribution >= 0.6 is 0 Å². The summed E-state index contributed by atoms with van der Waals surface area (Å²) in [7, 11) is -0.330. The predicted octanol–water partition coefficient (Wildman–Crippen LogP) is 4.94. The highest BCUT2D eigenvalue weighted by atomic mass is 16.7. The number of para-hydroxylation sites is 1. The lowest BCUT2D eigenvalue weighted by Gasteiger charge is -2.32. The smallest absolute Gasteiger partial charge is 0.399 e. The lowest BCUT2D eigenvalue weighted by Crippen LogP contribution is -2.41. The molecule has 0 amide bonds. The minimum Gasteiger partial charge on any atom is -0.399 e. The van der Waals surface area contributed by atoms with Gasteiger partial charge in [0.25, 0.3) is 0 Å². The fourth-order valence-corrected chi connectivity index (χ4v) is 4.84. The van der Waals surface area contributed by atoms with Crippen molar-refractivity contribution in [3.8, 4) is 0 Å². The molecule has 3 heterocycles. The lowest BCUT2D eigenvalue weighted by molar-refractivity contribution is 0.00578. The van der Waals surface area contributed by atoms with Gasteiger partial charge in [0.2, 0.25) is 0 Å². The maximum absolute atomic E-state index is 6.29. The first-order valence-corrected chi connectivity index (χ1v) is 10.2. The molecule has 1 saturated heterocycles. The average molecular weight is 369 g/mol. The van der Waals surface area contributed by atoms with Gasteiger partial charge in [-0.2, -0.15) is 0 Å². The zero-order valence-corrected chi connectivity index (χ0v) is 16.9. The topological polar surface area (TPSA) is 22.9 Å². The lowest BCUT2D eigenvalue weighted by atomic mass is 9.78. The monoisotopic (exact) mass is 369 g/mol. The van der Waals surface area contributed by atoms with Crippen molar-refractivity contribution in [3.05, 3.63) is 53.7 Å². The number of benzene rings is 2. The molecule has 28 heavy (non-hydrogen) atoms. The minimum atomic E-state index is -0.330. The number of hydrogen-bond acceptors (Lipinski definition) is 2. The van der Waals surface area contributed by atoms with E-state index in [-0.39, 0.29) is 18.3 Å². The second-order valence-corrected chi connectivity index (χ2v) is 9.21. The Kier molecular flexibility index (Phi) is 3.09. The summed E-state index contributed by atoms with van der Waals surface area (Å²) >= 11 is 0. The molecule has 2 aromatic heterocycles. The summed E-state index contributed by atoms with van der Waals surface area (Å²) in [4.78, 5) is 0. The van der Waals surface area contributed by atoms with Crippen LogP contribution in [0.1, 0.15) is 45.4 Å². The summed E-state index contributed by atoms with van der Waals surface area (Å²) in [5, 5.41) is 3.98. The number of rotatable bonds is 1. The van der Waals surface area contributed by atoms with Crippen LogP contribution in [0.5, 0.6) is 0 Å². The molecule has 0 unspecified atom stereocenters. The third-order valence-electron chi connectivity index (χ3n) is 7.05. The summed E-state index contributed by atoms with van der Waals surface area (Å²) in [5.41, 5.74) is 5.87. The van der Waals surface area contributed by atoms with Gasteiger partial charge in [-0.15, -0.1) is 0 Å². The molecule has 2 aromatic carbocycles. The van der Waals surface area contributed by atoms with Crippen LogP contribution in [0.3, 0.4) is 0 Å². The van der Waals surface area contributed by atoms with Crippen molar-refractivity contribution in [1.29, 1.82) is 0 Å². The van der Waals surface area contributed by atoms with Gasteiger partial charge >= 0.3 is 7.12 Å². The van der Waals surface area contributed by atoms with E-state index >= 15 is 0 Å². The highest BCUT2D eigenvalue weighted by Gasteiger charge is 2.51. The third-order valence-corrected chi connectivity index (χ3v) is 7.05. The van der Waals surface area contributed by atoms with Crippen molar-refractivity contribution in [2.75, 3.05) is 0 Å². The Hall–Kier alpha value is -2.30. The highest BCUT2D eigenvalue weighted by molar-refractivity contribution is 6.62. The van der Waals surface area contributed by atoms with E-state index in [4.69, 9.17) is 9.31 Å². The molecule has 4 heteroatoms. The summed E-state index contributed by atoms with van der Waals surface area (Å²) in [6.07, 6.45) is 6.84. The predicted molar refractivity (Wildman–Crippen MR) is 117 cm³/mol. The Balaban J connectivity index is 1.60. The molecule has 0 bridgehead atoms. The quantitative estimate of drug-likeness (QED) is 0.444. The number of nitrogens with zero attached hydrogens (tertiary/aromatic N) is 1. The van der Waals surface area contributed by atoms with E-state index in [9.17, 15) is 0 Å². The van der Waals surface area contributed by atoms with Gasteiger partial charge in [0.05, 0.1) is 22.2 Å². The van der Waals surface area contributed by atoms with Crippen LogP contribution in [0.15, 0.2) is 42.5 Å². The van der Waals surface area contributed by atoms with Crippen molar-refractivity contribution in [1.82, 2.24) is 4.40 Å². The van der Waals surface area contributed by atoms with Crippen LogP contribution in [0.4, 0.5) is 0 Å². The van der Waals surface area contributed by atoms with Crippen LogP contribution in [0.2, 0.25) is 0 Å². The molecular weight excluding hydrogens is 345 g/mol. The van der Waals surface area contributed by atoms with Crippen LogP contribution in [-0.4, -0.2) is 22.7 Å². The van der Waals surface area contributed by atoms with E-state index < -0.39 is 0 Å². The normalized spacial score (nSPS) is 20.6. The Morgan fingerprint density at radius 2 is 1.68 bits per heavy atom. The maximum atomic E-state index is 6.29. The van der Waals surface area contributed by atoms with Gasteiger partial charge in [-0.3, -0.25) is 0 Å². The van der Waals surface area contributed by atoms with Crippen molar-refractivity contribution in [3.63, 3.8) is 0 Å². The molecule has 1 fully saturated rings. The number of fused-ring (bicyclic) bond motifs is 6. The van der Waals surface area contributed by atoms with E-state index in [0.717, 1.165) is 18.3 Å². The minimum absolute atomic E-state index is 0.328. The second kappa shape index (κ2) is 5.19. The molecule has 2 aliphatic rings. The molecule has 0 atom stereocenters. The number of aromatic nitrogens is 1. The number of aryl methyl sites for hydroxylation is 1. The Bertz CT molecular complexity index is 1260. The summed E-state index contributed by atoms with van der Waals surface area (Å²) in [6.45, 7) is 8.41. The SMILES string of the molecule is CC1(C)OB(c2ccc3c(c2)c2cccc4c5c(n3c42)C=CCC5)OC1(C)C. The highest BCUT2D eigenvalue weighted by Crippen LogP contribution is 2.40. The van der Waals surface area contributed by atoms with Crippen LogP contribution in [0.25, 0.3) is 33.3 Å². The zero-order chi connectivity index (χ0) is 19.3. The molecule has 6 rings (SSSR count). The summed E-state index contributed by atoms with van der Waals surface area (Å²) in [6, 6.07) is 13.4. The first-order chi connectivity index (χ1) is 13.4. The van der Waals surface area contributed by atoms with E-state index in [1.54, 1.807) is 0 Å². The fraction of sp³-hybridized carbons (Fsp3) is 0.333.